The molecule has 0 aliphatic heterocycles. The van der Waals surface area contributed by atoms with Gasteiger partial charge in [-0.15, -0.1) is 0 Å². The number of aromatic nitrogens is 3. The molecule has 1 amide bonds. The van der Waals surface area contributed by atoms with Crippen molar-refractivity contribution >= 4 is 12.1 Å². The topological polar surface area (TPSA) is 130 Å². The van der Waals surface area contributed by atoms with E-state index in [1.807, 2.05) is 19.1 Å². The number of pyridine rings is 1. The molecule has 0 atom stereocenters. The fourth-order valence-electron chi connectivity index (χ4n) is 2.73. The molecule has 0 aliphatic carbocycles. The molecule has 0 unspecified atom stereocenters. The van der Waals surface area contributed by atoms with Crippen LogP contribution in [0.15, 0.2) is 33.3 Å². The third-order valence-corrected chi connectivity index (χ3v) is 4.02. The lowest BCUT2D eigenvalue weighted by atomic mass is 10.2. The Kier molecular flexibility index (Phi) is 6.92. The molecule has 3 aromatic rings. The van der Waals surface area contributed by atoms with Gasteiger partial charge in [0.1, 0.15) is 23.3 Å². The maximum atomic E-state index is 12.3. The van der Waals surface area contributed by atoms with E-state index in [4.69, 9.17) is 18.3 Å². The molecule has 32 heavy (non-hydrogen) atoms. The van der Waals surface area contributed by atoms with Gasteiger partial charge in [-0.3, -0.25) is 0 Å². The first-order chi connectivity index (χ1) is 15.2. The van der Waals surface area contributed by atoms with Gasteiger partial charge in [0.2, 0.25) is 11.8 Å². The Hall–Kier alpha value is -3.69. The van der Waals surface area contributed by atoms with Crippen molar-refractivity contribution in [3.05, 3.63) is 41.6 Å². The van der Waals surface area contributed by atoms with E-state index in [1.165, 1.54) is 6.26 Å². The molecule has 170 valence electrons. The molecule has 0 spiro atoms. The van der Waals surface area contributed by atoms with E-state index in [2.05, 4.69) is 20.3 Å². The summed E-state index contributed by atoms with van der Waals surface area (Å²) in [4.78, 5) is 37.2. The summed E-state index contributed by atoms with van der Waals surface area (Å²) >= 11 is 0. The Balaban J connectivity index is 1.79. The van der Waals surface area contributed by atoms with Crippen LogP contribution in [0, 0.1) is 6.92 Å². The van der Waals surface area contributed by atoms with Crippen molar-refractivity contribution < 1.29 is 27.9 Å². The predicted octanol–water partition coefficient (Wildman–Crippen LogP) is 3.94. The molecule has 0 bridgehead atoms. The summed E-state index contributed by atoms with van der Waals surface area (Å²) in [7, 11) is 0. The molecule has 0 fully saturated rings. The largest absolute Gasteiger partial charge is 0.461 e. The lowest BCUT2D eigenvalue weighted by Crippen LogP contribution is -2.33. The summed E-state index contributed by atoms with van der Waals surface area (Å²) in [5.74, 6) is 0.0299. The number of hydrogen-bond acceptors (Lipinski definition) is 9. The highest BCUT2D eigenvalue weighted by Gasteiger charge is 2.24. The Bertz CT molecular complexity index is 1100. The van der Waals surface area contributed by atoms with Crippen molar-refractivity contribution in [2.75, 3.05) is 13.2 Å². The molecule has 0 saturated heterocycles. The second kappa shape index (κ2) is 9.63. The average Bonchev–Trinajstić information content (AvgIpc) is 3.34. The Labute approximate surface area is 185 Å². The van der Waals surface area contributed by atoms with Crippen LogP contribution in [0.5, 0.6) is 0 Å². The number of ether oxygens (including phenoxy) is 2. The zero-order valence-corrected chi connectivity index (χ0v) is 18.7. The van der Waals surface area contributed by atoms with Gasteiger partial charge in [0.25, 0.3) is 0 Å². The van der Waals surface area contributed by atoms with Crippen LogP contribution in [0.25, 0.3) is 23.2 Å². The van der Waals surface area contributed by atoms with Crippen molar-refractivity contribution in [1.82, 2.24) is 20.3 Å². The van der Waals surface area contributed by atoms with Gasteiger partial charge in [0.15, 0.2) is 11.4 Å². The smallest absolute Gasteiger partial charge is 0.407 e. The zero-order valence-electron chi connectivity index (χ0n) is 18.7. The maximum absolute atomic E-state index is 12.3. The van der Waals surface area contributed by atoms with Crippen LogP contribution in [-0.2, 0) is 15.9 Å². The minimum absolute atomic E-state index is 0.0195. The standard InChI is InChI=1S/C22H26N4O6/c1-6-29-20(27)17-16(10-11-23-21(28)32-22(3,4)5)31-19(26-17)15-12-30-18(25-15)14-9-7-8-13(2)24-14/h7-9,12H,6,10-11H2,1-5H3,(H,23,28). The van der Waals surface area contributed by atoms with E-state index >= 15 is 0 Å². The number of nitrogens with one attached hydrogen (secondary N) is 1. The summed E-state index contributed by atoms with van der Waals surface area (Å²) in [6, 6.07) is 5.49. The number of carbonyl (C=O) groups is 2. The van der Waals surface area contributed by atoms with Gasteiger partial charge < -0.3 is 23.6 Å². The average molecular weight is 442 g/mol. The second-order valence-corrected chi connectivity index (χ2v) is 7.89. The molecule has 0 aliphatic rings. The number of carbonyl (C=O) groups excluding carboxylic acids is 2. The lowest BCUT2D eigenvalue weighted by Gasteiger charge is -2.19. The van der Waals surface area contributed by atoms with Crippen molar-refractivity contribution in [1.29, 1.82) is 0 Å². The van der Waals surface area contributed by atoms with Crippen molar-refractivity contribution in [2.24, 2.45) is 0 Å². The van der Waals surface area contributed by atoms with Crippen LogP contribution in [0.4, 0.5) is 4.79 Å². The van der Waals surface area contributed by atoms with Crippen molar-refractivity contribution in [3.63, 3.8) is 0 Å². The van der Waals surface area contributed by atoms with Gasteiger partial charge in [-0.25, -0.2) is 24.5 Å². The van der Waals surface area contributed by atoms with Gasteiger partial charge in [-0.1, -0.05) is 6.07 Å². The third-order valence-electron chi connectivity index (χ3n) is 4.02. The summed E-state index contributed by atoms with van der Waals surface area (Å²) in [6.07, 6.45) is 1.01. The highest BCUT2D eigenvalue weighted by atomic mass is 16.6. The SMILES string of the molecule is CCOC(=O)c1nc(-c2coc(-c3cccc(C)n3)n2)oc1CCNC(=O)OC(C)(C)C. The van der Waals surface area contributed by atoms with Crippen LogP contribution in [-0.4, -0.2) is 45.8 Å². The van der Waals surface area contributed by atoms with Crippen LogP contribution in [0.1, 0.15) is 49.6 Å². The maximum Gasteiger partial charge on any atom is 0.407 e. The van der Waals surface area contributed by atoms with Crippen molar-refractivity contribution in [2.45, 2.75) is 46.6 Å². The van der Waals surface area contributed by atoms with E-state index in [1.54, 1.807) is 33.8 Å². The van der Waals surface area contributed by atoms with E-state index in [0.29, 0.717) is 17.3 Å². The summed E-state index contributed by atoms with van der Waals surface area (Å²) in [5, 5.41) is 2.62. The first kappa shape index (κ1) is 23.0. The van der Waals surface area contributed by atoms with Gasteiger partial charge >= 0.3 is 12.1 Å². The third kappa shape index (κ3) is 5.93. The Morgan fingerprint density at radius 1 is 1.09 bits per heavy atom. The highest BCUT2D eigenvalue weighted by molar-refractivity contribution is 5.89. The quantitative estimate of drug-likeness (QED) is 0.541. The fourth-order valence-corrected chi connectivity index (χ4v) is 2.73. The van der Waals surface area contributed by atoms with E-state index < -0.39 is 17.7 Å². The molecule has 1 N–H and O–H groups in total. The van der Waals surface area contributed by atoms with Crippen LogP contribution < -0.4 is 5.32 Å². The van der Waals surface area contributed by atoms with E-state index in [0.717, 1.165) is 5.69 Å². The molecule has 0 aromatic carbocycles. The molecular formula is C22H26N4O6. The van der Waals surface area contributed by atoms with Gasteiger partial charge in [-0.05, 0) is 46.8 Å². The molecule has 3 rings (SSSR count). The first-order valence-corrected chi connectivity index (χ1v) is 10.2. The number of aryl methyl sites for hydroxylation is 1. The van der Waals surface area contributed by atoms with Crippen molar-refractivity contribution in [3.8, 4) is 23.2 Å². The number of oxazole rings is 2. The molecule has 10 nitrogen and oxygen atoms in total. The van der Waals surface area contributed by atoms with Crippen LogP contribution in [0.3, 0.4) is 0 Å². The molecular weight excluding hydrogens is 416 g/mol. The number of hydrogen-bond donors (Lipinski definition) is 1. The summed E-state index contributed by atoms with van der Waals surface area (Å²) < 4.78 is 21.6. The zero-order chi connectivity index (χ0) is 23.3. The minimum Gasteiger partial charge on any atom is -0.461 e. The fraction of sp³-hybridized carbons (Fsp3) is 0.409. The molecule has 3 heterocycles. The summed E-state index contributed by atoms with van der Waals surface area (Å²) in [6.45, 7) is 9.23. The molecule has 0 saturated carbocycles. The first-order valence-electron chi connectivity index (χ1n) is 10.2. The predicted molar refractivity (Wildman–Crippen MR) is 114 cm³/mol. The Morgan fingerprint density at radius 3 is 2.56 bits per heavy atom. The van der Waals surface area contributed by atoms with E-state index in [9.17, 15) is 9.59 Å². The van der Waals surface area contributed by atoms with Crippen LogP contribution in [0.2, 0.25) is 0 Å². The minimum atomic E-state index is -0.626. The monoisotopic (exact) mass is 442 g/mol. The number of alkyl carbamates (subject to hydrolysis) is 1. The van der Waals surface area contributed by atoms with Crippen LogP contribution >= 0.6 is 0 Å². The number of nitrogens with zero attached hydrogens (tertiary/aromatic N) is 3. The second-order valence-electron chi connectivity index (χ2n) is 7.89. The summed E-state index contributed by atoms with van der Waals surface area (Å²) in [5.41, 5.74) is 1.10. The molecule has 10 heteroatoms. The molecule has 3 aromatic heterocycles. The lowest BCUT2D eigenvalue weighted by molar-refractivity contribution is 0.0516. The normalized spacial score (nSPS) is 11.3. The molecule has 0 radical (unpaired) electrons. The van der Waals surface area contributed by atoms with Gasteiger partial charge in [0.05, 0.1) is 6.61 Å². The Morgan fingerprint density at radius 2 is 1.88 bits per heavy atom. The van der Waals surface area contributed by atoms with Gasteiger partial charge in [-0.2, -0.15) is 0 Å². The number of rotatable bonds is 7. The van der Waals surface area contributed by atoms with E-state index in [-0.39, 0.29) is 36.9 Å². The highest BCUT2D eigenvalue weighted by Crippen LogP contribution is 2.26. The van der Waals surface area contributed by atoms with Gasteiger partial charge in [0, 0.05) is 18.7 Å². The number of amides is 1. The number of esters is 1.